The minimum absolute atomic E-state index is 0.141. The third-order valence-corrected chi connectivity index (χ3v) is 4.84. The number of fused-ring (bicyclic) bond motifs is 1. The Balaban J connectivity index is 1.96. The van der Waals surface area contributed by atoms with Crippen LogP contribution in [0.2, 0.25) is 0 Å². The molecule has 0 aromatic rings. The molecule has 0 saturated carbocycles. The number of guanidine groups is 1. The van der Waals surface area contributed by atoms with Crippen LogP contribution < -0.4 is 5.32 Å². The first-order valence-electron chi connectivity index (χ1n) is 6.62. The highest BCUT2D eigenvalue weighted by Crippen LogP contribution is 2.36. The summed E-state index contributed by atoms with van der Waals surface area (Å²) in [7, 11) is 1.64. The van der Waals surface area contributed by atoms with Crippen molar-refractivity contribution in [1.82, 2.24) is 15.1 Å². The zero-order valence-corrected chi connectivity index (χ0v) is 12.6. The SMILES string of the molecule is CN1CN([C@@H]2O[C@H](CO)[C@@H](O)[C@H]2O)C2=NC(=N)NC(=O)C21S. The number of ether oxygens (including phenoxy) is 1. The van der Waals surface area contributed by atoms with Crippen LogP contribution in [0.25, 0.3) is 0 Å². The van der Waals surface area contributed by atoms with Gasteiger partial charge < -0.3 is 25.0 Å². The first-order valence-corrected chi connectivity index (χ1v) is 7.07. The largest absolute Gasteiger partial charge is 0.394 e. The van der Waals surface area contributed by atoms with Gasteiger partial charge in [0.2, 0.25) is 10.8 Å². The Morgan fingerprint density at radius 1 is 1.55 bits per heavy atom. The number of nitrogens with one attached hydrogen (secondary N) is 2. The van der Waals surface area contributed by atoms with Crippen molar-refractivity contribution in [3.05, 3.63) is 0 Å². The number of aliphatic imine (C=N–C) groups is 1. The predicted octanol–water partition coefficient (Wildman–Crippen LogP) is -3.28. The van der Waals surface area contributed by atoms with Gasteiger partial charge in [-0.1, -0.05) is 0 Å². The van der Waals surface area contributed by atoms with Gasteiger partial charge in [-0.25, -0.2) is 0 Å². The lowest BCUT2D eigenvalue weighted by Gasteiger charge is -2.33. The molecule has 1 amide bonds. The molecule has 5 atom stereocenters. The van der Waals surface area contributed by atoms with Crippen LogP contribution in [-0.4, -0.2) is 92.6 Å². The number of likely N-dealkylation sites (N-methyl/N-ethyl adjacent to an activating group) is 1. The van der Waals surface area contributed by atoms with E-state index < -0.39 is 41.9 Å². The molecule has 5 N–H and O–H groups in total. The molecule has 2 fully saturated rings. The smallest absolute Gasteiger partial charge is 0.265 e. The van der Waals surface area contributed by atoms with Gasteiger partial charge in [0.15, 0.2) is 12.1 Å². The molecule has 3 heterocycles. The van der Waals surface area contributed by atoms with Crippen LogP contribution in [0.15, 0.2) is 4.99 Å². The van der Waals surface area contributed by atoms with Crippen LogP contribution in [0.5, 0.6) is 0 Å². The number of carbonyl (C=O) groups is 1. The molecule has 0 aromatic carbocycles. The molecule has 2 saturated heterocycles. The van der Waals surface area contributed by atoms with E-state index in [0.717, 1.165) is 0 Å². The summed E-state index contributed by atoms with van der Waals surface area (Å²) in [5.41, 5.74) is 0. The normalized spacial score (nSPS) is 42.4. The molecule has 10 nitrogen and oxygen atoms in total. The molecule has 3 aliphatic heterocycles. The summed E-state index contributed by atoms with van der Waals surface area (Å²) >= 11 is 4.38. The Labute approximate surface area is 131 Å². The lowest BCUT2D eigenvalue weighted by molar-refractivity contribution is -0.123. The van der Waals surface area contributed by atoms with E-state index in [-0.39, 0.29) is 18.5 Å². The maximum atomic E-state index is 12.2. The minimum Gasteiger partial charge on any atom is -0.394 e. The minimum atomic E-state index is -1.39. The summed E-state index contributed by atoms with van der Waals surface area (Å²) < 4.78 is 5.46. The molecule has 0 bridgehead atoms. The number of carbonyl (C=O) groups excluding carboxylic acids is 1. The molecule has 0 aliphatic carbocycles. The molecule has 11 heteroatoms. The fourth-order valence-electron chi connectivity index (χ4n) is 2.85. The molecule has 3 aliphatic rings. The second kappa shape index (κ2) is 5.15. The van der Waals surface area contributed by atoms with E-state index in [9.17, 15) is 15.0 Å². The molecule has 122 valence electrons. The Bertz CT molecular complexity index is 559. The van der Waals surface area contributed by atoms with Crippen LogP contribution in [0, 0.1) is 5.41 Å². The quantitative estimate of drug-likeness (QED) is 0.291. The number of aliphatic hydroxyl groups excluding tert-OH is 3. The van der Waals surface area contributed by atoms with E-state index in [4.69, 9.17) is 15.3 Å². The van der Waals surface area contributed by atoms with Crippen molar-refractivity contribution in [2.24, 2.45) is 4.99 Å². The lowest BCUT2D eigenvalue weighted by atomic mass is 10.1. The Morgan fingerprint density at radius 3 is 2.82 bits per heavy atom. The number of nitrogens with zero attached hydrogens (tertiary/aromatic N) is 3. The van der Waals surface area contributed by atoms with Crippen molar-refractivity contribution in [2.45, 2.75) is 29.4 Å². The number of rotatable bonds is 2. The second-order valence-corrected chi connectivity index (χ2v) is 6.10. The first-order chi connectivity index (χ1) is 10.3. The van der Waals surface area contributed by atoms with Crippen molar-refractivity contribution >= 4 is 30.3 Å². The number of thiol groups is 1. The first kappa shape index (κ1) is 15.6. The zero-order valence-electron chi connectivity index (χ0n) is 11.7. The van der Waals surface area contributed by atoms with Crippen molar-refractivity contribution in [2.75, 3.05) is 20.3 Å². The molecule has 0 aromatic heterocycles. The van der Waals surface area contributed by atoms with Crippen molar-refractivity contribution in [3.8, 4) is 0 Å². The van der Waals surface area contributed by atoms with Gasteiger partial charge in [0.05, 0.1) is 13.3 Å². The number of hydrogen-bond donors (Lipinski definition) is 6. The highest BCUT2D eigenvalue weighted by molar-refractivity contribution is 7.83. The summed E-state index contributed by atoms with van der Waals surface area (Å²) in [5.74, 6) is -0.721. The fraction of sp³-hybridized carbons (Fsp3) is 0.727. The Hall–Kier alpha value is -1.24. The summed E-state index contributed by atoms with van der Waals surface area (Å²) in [4.78, 5) is 17.8. The monoisotopic (exact) mass is 331 g/mol. The van der Waals surface area contributed by atoms with Crippen LogP contribution in [0.1, 0.15) is 0 Å². The number of amidine groups is 1. The van der Waals surface area contributed by atoms with Crippen LogP contribution in [-0.2, 0) is 9.53 Å². The van der Waals surface area contributed by atoms with Gasteiger partial charge in [-0.05, 0) is 7.05 Å². The van der Waals surface area contributed by atoms with Crippen LogP contribution in [0.3, 0.4) is 0 Å². The Morgan fingerprint density at radius 2 is 2.23 bits per heavy atom. The van der Waals surface area contributed by atoms with Crippen LogP contribution >= 0.6 is 12.6 Å². The van der Waals surface area contributed by atoms with Gasteiger partial charge in [-0.2, -0.15) is 4.99 Å². The molecule has 0 spiro atoms. The van der Waals surface area contributed by atoms with E-state index in [1.165, 1.54) is 4.90 Å². The Kier molecular flexibility index (Phi) is 3.66. The molecular formula is C11H17N5O5S. The topological polar surface area (TPSA) is 142 Å². The van der Waals surface area contributed by atoms with Gasteiger partial charge >= 0.3 is 0 Å². The van der Waals surface area contributed by atoms with E-state index in [1.807, 2.05) is 0 Å². The van der Waals surface area contributed by atoms with Gasteiger partial charge in [-0.3, -0.25) is 20.4 Å². The third kappa shape index (κ3) is 1.97. The highest BCUT2D eigenvalue weighted by Gasteiger charge is 2.59. The third-order valence-electron chi connectivity index (χ3n) is 4.09. The second-order valence-electron chi connectivity index (χ2n) is 5.45. The number of hydrogen-bond acceptors (Lipinski definition) is 9. The average molecular weight is 331 g/mol. The lowest BCUT2D eigenvalue weighted by Crippen LogP contribution is -2.60. The van der Waals surface area contributed by atoms with Crippen molar-refractivity contribution in [3.63, 3.8) is 0 Å². The average Bonchev–Trinajstić information content (AvgIpc) is 2.89. The van der Waals surface area contributed by atoms with Gasteiger partial charge in [0.25, 0.3) is 5.91 Å². The number of aliphatic hydroxyl groups is 3. The summed E-state index contributed by atoms with van der Waals surface area (Å²) in [5, 5.41) is 39.0. The molecule has 22 heavy (non-hydrogen) atoms. The van der Waals surface area contributed by atoms with Gasteiger partial charge in [0, 0.05) is 0 Å². The fourth-order valence-corrected chi connectivity index (χ4v) is 3.15. The van der Waals surface area contributed by atoms with Gasteiger partial charge in [0.1, 0.15) is 18.3 Å². The van der Waals surface area contributed by atoms with E-state index in [0.29, 0.717) is 0 Å². The number of amides is 1. The van der Waals surface area contributed by atoms with E-state index in [1.54, 1.807) is 11.9 Å². The highest BCUT2D eigenvalue weighted by atomic mass is 32.1. The summed E-state index contributed by atoms with van der Waals surface area (Å²) in [6.45, 7) is -0.303. The summed E-state index contributed by atoms with van der Waals surface area (Å²) in [6, 6.07) is 0. The maximum Gasteiger partial charge on any atom is 0.265 e. The van der Waals surface area contributed by atoms with Crippen LogP contribution in [0.4, 0.5) is 0 Å². The molecular weight excluding hydrogens is 314 g/mol. The van der Waals surface area contributed by atoms with Crippen molar-refractivity contribution in [1.29, 1.82) is 5.41 Å². The maximum absolute atomic E-state index is 12.2. The van der Waals surface area contributed by atoms with E-state index in [2.05, 4.69) is 22.9 Å². The summed E-state index contributed by atoms with van der Waals surface area (Å²) in [6.07, 6.45) is -4.48. The molecule has 1 unspecified atom stereocenters. The van der Waals surface area contributed by atoms with Gasteiger partial charge in [-0.15, -0.1) is 12.6 Å². The standard InChI is InChI=1S/C11H17N5O5S/c1-15-3-16(7-6(19)5(18)4(2-17)21-7)8-11(15,22)9(20)14-10(12)13-8/h4-7,17-19,22H,2-3H2,1H3,(H2,12,14,20)/t4-,5-,6-,7-,11?/m1/s1. The predicted molar refractivity (Wildman–Crippen MR) is 77.3 cm³/mol. The van der Waals surface area contributed by atoms with E-state index >= 15 is 0 Å². The zero-order chi connectivity index (χ0) is 16.2. The molecule has 0 radical (unpaired) electrons. The van der Waals surface area contributed by atoms with Crippen molar-refractivity contribution < 1.29 is 24.9 Å². The molecule has 3 rings (SSSR count).